The number of anilines is 1. The summed E-state index contributed by atoms with van der Waals surface area (Å²) >= 11 is 6.19. The molecule has 2 aliphatic rings. The zero-order chi connectivity index (χ0) is 17.6. The second-order valence-electron chi connectivity index (χ2n) is 6.98. The highest BCUT2D eigenvalue weighted by Gasteiger charge is 2.30. The summed E-state index contributed by atoms with van der Waals surface area (Å²) in [6.07, 6.45) is 3.72. The van der Waals surface area contributed by atoms with Gasteiger partial charge in [-0.05, 0) is 38.2 Å². The van der Waals surface area contributed by atoms with Crippen LogP contribution in [0.1, 0.15) is 49.0 Å². The second-order valence-corrected chi connectivity index (χ2v) is 7.36. The summed E-state index contributed by atoms with van der Waals surface area (Å²) in [7, 11) is 0. The molecule has 2 aromatic heterocycles. The number of aromatic amines is 1. The molecule has 2 aromatic rings. The van der Waals surface area contributed by atoms with E-state index in [4.69, 9.17) is 11.6 Å². The van der Waals surface area contributed by atoms with Crippen molar-refractivity contribution in [2.24, 2.45) is 5.92 Å². The van der Waals surface area contributed by atoms with E-state index in [2.05, 4.69) is 15.1 Å². The van der Waals surface area contributed by atoms with Crippen molar-refractivity contribution in [2.75, 3.05) is 11.4 Å². The summed E-state index contributed by atoms with van der Waals surface area (Å²) in [5.74, 6) is 1.39. The fourth-order valence-corrected chi connectivity index (χ4v) is 3.78. The first kappa shape index (κ1) is 16.6. The number of fused-ring (bicyclic) bond motifs is 1. The Morgan fingerprint density at radius 1 is 1.36 bits per heavy atom. The van der Waals surface area contributed by atoms with Crippen LogP contribution in [0.2, 0.25) is 5.02 Å². The van der Waals surface area contributed by atoms with Gasteiger partial charge in [-0.15, -0.1) is 0 Å². The zero-order valence-corrected chi connectivity index (χ0v) is 15.0. The van der Waals surface area contributed by atoms with Gasteiger partial charge in [0.05, 0.1) is 17.9 Å². The molecule has 1 saturated carbocycles. The molecule has 1 aliphatic heterocycles. The number of aryl methyl sites for hydroxylation is 2. The van der Waals surface area contributed by atoms with E-state index in [1.165, 1.54) is 6.42 Å². The van der Waals surface area contributed by atoms with Crippen molar-refractivity contribution in [2.45, 2.75) is 51.8 Å². The summed E-state index contributed by atoms with van der Waals surface area (Å²) < 4.78 is 1.96. The average molecular weight is 364 g/mol. The number of aromatic nitrogens is 4. The highest BCUT2D eigenvalue weighted by molar-refractivity contribution is 6.32. The van der Waals surface area contributed by atoms with E-state index in [0.29, 0.717) is 24.1 Å². The second kappa shape index (κ2) is 6.46. The molecule has 0 spiro atoms. The maximum absolute atomic E-state index is 11.9. The van der Waals surface area contributed by atoms with Crippen molar-refractivity contribution in [3.8, 4) is 0 Å². The summed E-state index contributed by atoms with van der Waals surface area (Å²) in [5, 5.41) is 15.2. The van der Waals surface area contributed by atoms with Crippen LogP contribution in [-0.2, 0) is 13.1 Å². The number of rotatable bonds is 3. The number of H-pyrrole nitrogens is 1. The molecular weight excluding hydrogens is 342 g/mol. The van der Waals surface area contributed by atoms with Crippen LogP contribution in [0.5, 0.6) is 0 Å². The minimum Gasteiger partial charge on any atom is -0.386 e. The lowest BCUT2D eigenvalue weighted by atomic mass is 9.80. The van der Waals surface area contributed by atoms with Gasteiger partial charge in [-0.3, -0.25) is 9.48 Å². The first-order chi connectivity index (χ1) is 12.0. The first-order valence-electron chi connectivity index (χ1n) is 8.79. The highest BCUT2D eigenvalue weighted by Crippen LogP contribution is 2.37. The van der Waals surface area contributed by atoms with Gasteiger partial charge in [-0.1, -0.05) is 18.0 Å². The van der Waals surface area contributed by atoms with E-state index in [0.717, 1.165) is 43.7 Å². The van der Waals surface area contributed by atoms with Crippen LogP contribution in [0.25, 0.3) is 0 Å². The Labute approximate surface area is 150 Å². The van der Waals surface area contributed by atoms with Crippen molar-refractivity contribution >= 4 is 17.4 Å². The van der Waals surface area contributed by atoms with E-state index >= 15 is 0 Å². The maximum Gasteiger partial charge on any atom is 0.271 e. The Balaban J connectivity index is 1.63. The molecule has 0 saturated heterocycles. The first-order valence-corrected chi connectivity index (χ1v) is 9.17. The molecule has 0 aromatic carbocycles. The van der Waals surface area contributed by atoms with Crippen LogP contribution in [0.4, 0.5) is 5.82 Å². The topological polar surface area (TPSA) is 87.0 Å². The van der Waals surface area contributed by atoms with E-state index in [1.807, 2.05) is 15.6 Å². The lowest BCUT2D eigenvalue weighted by molar-refractivity contribution is 0.0581. The zero-order valence-electron chi connectivity index (χ0n) is 14.2. The molecule has 1 fully saturated rings. The Hall–Kier alpha value is -1.86. The normalized spacial score (nSPS) is 19.2. The summed E-state index contributed by atoms with van der Waals surface area (Å²) in [5.41, 5.74) is 1.45. The minimum atomic E-state index is -0.481. The van der Waals surface area contributed by atoms with Crippen LogP contribution >= 0.6 is 11.6 Å². The molecule has 0 radical (unpaired) electrons. The van der Waals surface area contributed by atoms with E-state index in [-0.39, 0.29) is 10.6 Å². The summed E-state index contributed by atoms with van der Waals surface area (Å²) in [6, 6.07) is 1.98. The van der Waals surface area contributed by atoms with E-state index in [1.54, 1.807) is 6.92 Å². The molecule has 8 heteroatoms. The summed E-state index contributed by atoms with van der Waals surface area (Å²) in [6.45, 7) is 3.85. The third kappa shape index (κ3) is 3.06. The van der Waals surface area contributed by atoms with Gasteiger partial charge in [0.2, 0.25) is 0 Å². The van der Waals surface area contributed by atoms with Gasteiger partial charge in [0, 0.05) is 13.1 Å². The predicted octanol–water partition coefficient (Wildman–Crippen LogP) is 2.17. The van der Waals surface area contributed by atoms with Crippen LogP contribution < -0.4 is 10.5 Å². The van der Waals surface area contributed by atoms with Crippen LogP contribution in [0.3, 0.4) is 0 Å². The number of halogens is 1. The number of aliphatic hydroxyl groups excluding tert-OH is 1. The van der Waals surface area contributed by atoms with Crippen molar-refractivity contribution in [1.29, 1.82) is 0 Å². The summed E-state index contributed by atoms with van der Waals surface area (Å²) in [4.78, 5) is 21.0. The third-order valence-electron chi connectivity index (χ3n) is 5.20. The monoisotopic (exact) mass is 363 g/mol. The molecule has 134 valence electrons. The molecule has 3 heterocycles. The fourth-order valence-electron chi connectivity index (χ4n) is 3.57. The predicted molar refractivity (Wildman–Crippen MR) is 94.8 cm³/mol. The van der Waals surface area contributed by atoms with Crippen LogP contribution in [-0.4, -0.2) is 31.4 Å². The van der Waals surface area contributed by atoms with Crippen molar-refractivity contribution in [3.63, 3.8) is 0 Å². The average Bonchev–Trinajstić information content (AvgIpc) is 2.81. The van der Waals surface area contributed by atoms with Crippen LogP contribution in [0, 0.1) is 12.8 Å². The number of hydrogen-bond donors (Lipinski definition) is 2. The maximum atomic E-state index is 11.9. The smallest absolute Gasteiger partial charge is 0.271 e. The standard InChI is InChI=1S/C17H22ClN5O2/c1-10-19-16(14(18)17(25)20-10)22-6-3-7-23-12(9-22)8-13(21-23)15(24)11-4-2-5-11/h8,11,15,24H,2-7,9H2,1H3,(H,19,20,25)/t15-/m1/s1. The largest absolute Gasteiger partial charge is 0.386 e. The molecular formula is C17H22ClN5O2. The Bertz CT molecular complexity index is 842. The highest BCUT2D eigenvalue weighted by atomic mass is 35.5. The lowest BCUT2D eigenvalue weighted by Gasteiger charge is -2.29. The fraction of sp³-hybridized carbons (Fsp3) is 0.588. The van der Waals surface area contributed by atoms with E-state index in [9.17, 15) is 9.90 Å². The Morgan fingerprint density at radius 2 is 2.16 bits per heavy atom. The molecule has 7 nitrogen and oxygen atoms in total. The van der Waals surface area contributed by atoms with Gasteiger partial charge in [-0.25, -0.2) is 4.98 Å². The number of nitrogens with zero attached hydrogens (tertiary/aromatic N) is 4. The van der Waals surface area contributed by atoms with Gasteiger partial charge in [0.25, 0.3) is 5.56 Å². The molecule has 25 heavy (non-hydrogen) atoms. The molecule has 0 amide bonds. The van der Waals surface area contributed by atoms with Gasteiger partial charge in [0.15, 0.2) is 5.82 Å². The van der Waals surface area contributed by atoms with Crippen molar-refractivity contribution in [3.05, 3.63) is 38.7 Å². The van der Waals surface area contributed by atoms with Crippen LogP contribution in [0.15, 0.2) is 10.9 Å². The molecule has 0 unspecified atom stereocenters. The Morgan fingerprint density at radius 3 is 2.88 bits per heavy atom. The molecule has 2 N–H and O–H groups in total. The van der Waals surface area contributed by atoms with Gasteiger partial charge in [-0.2, -0.15) is 5.10 Å². The van der Waals surface area contributed by atoms with Gasteiger partial charge in [0.1, 0.15) is 17.0 Å². The molecule has 1 aliphatic carbocycles. The number of hydrogen-bond acceptors (Lipinski definition) is 5. The van der Waals surface area contributed by atoms with Crippen molar-refractivity contribution < 1.29 is 5.11 Å². The molecule has 4 rings (SSSR count). The quantitative estimate of drug-likeness (QED) is 0.872. The third-order valence-corrected chi connectivity index (χ3v) is 5.54. The minimum absolute atomic E-state index is 0.119. The Kier molecular flexibility index (Phi) is 4.29. The molecule has 1 atom stereocenters. The lowest BCUT2D eigenvalue weighted by Crippen LogP contribution is -2.27. The number of nitrogens with one attached hydrogen (secondary N) is 1. The van der Waals surface area contributed by atoms with Crippen molar-refractivity contribution in [1.82, 2.24) is 19.7 Å². The SMILES string of the molecule is Cc1nc(N2CCCn3nc([C@H](O)C4CCC4)cc3C2)c(Cl)c(=O)[nH]1. The van der Waals surface area contributed by atoms with E-state index < -0.39 is 6.10 Å². The van der Waals surface area contributed by atoms with Gasteiger partial charge < -0.3 is 15.0 Å². The number of aliphatic hydroxyl groups is 1. The van der Waals surface area contributed by atoms with Gasteiger partial charge >= 0.3 is 0 Å². The molecule has 0 bridgehead atoms.